The molecule has 0 fully saturated rings. The minimum atomic E-state index is 0.0544. The quantitative estimate of drug-likeness (QED) is 0.644. The molecule has 5 heteroatoms. The highest BCUT2D eigenvalue weighted by atomic mass is 35.5. The molecule has 2 heterocycles. The molecule has 0 saturated heterocycles. The summed E-state index contributed by atoms with van der Waals surface area (Å²) in [5.41, 5.74) is 3.97. The molecule has 14 heavy (non-hydrogen) atoms. The van der Waals surface area contributed by atoms with E-state index in [1.807, 2.05) is 17.5 Å². The topological polar surface area (TPSA) is 38.0 Å². The van der Waals surface area contributed by atoms with Gasteiger partial charge in [0.25, 0.3) is 0 Å². The van der Waals surface area contributed by atoms with E-state index in [1.165, 1.54) is 5.56 Å². The highest BCUT2D eigenvalue weighted by molar-refractivity contribution is 7.16. The average Bonchev–Trinajstić information content (AvgIpc) is 2.79. The molecular weight excluding hydrogens is 236 g/mol. The lowest BCUT2D eigenvalue weighted by atomic mass is 10.1. The van der Waals surface area contributed by atoms with E-state index in [4.69, 9.17) is 17.4 Å². The SMILES string of the molecule is NNC(c1ccsc1)c1ccc(Cl)s1. The second kappa shape index (κ2) is 4.42. The van der Waals surface area contributed by atoms with Gasteiger partial charge in [-0.2, -0.15) is 11.3 Å². The Hall–Kier alpha value is -0.390. The smallest absolute Gasteiger partial charge is 0.0931 e. The number of halogens is 1. The molecule has 0 aliphatic carbocycles. The van der Waals surface area contributed by atoms with Crippen molar-refractivity contribution in [2.24, 2.45) is 5.84 Å². The Balaban J connectivity index is 2.31. The van der Waals surface area contributed by atoms with Crippen molar-refractivity contribution in [3.8, 4) is 0 Å². The monoisotopic (exact) mass is 244 g/mol. The molecule has 2 aromatic heterocycles. The van der Waals surface area contributed by atoms with E-state index >= 15 is 0 Å². The van der Waals surface area contributed by atoms with Gasteiger partial charge in [-0.3, -0.25) is 5.84 Å². The number of hydrogen-bond acceptors (Lipinski definition) is 4. The summed E-state index contributed by atoms with van der Waals surface area (Å²) in [6, 6.07) is 6.00. The molecule has 0 aliphatic rings. The van der Waals surface area contributed by atoms with E-state index in [9.17, 15) is 0 Å². The predicted octanol–water partition coefficient (Wildman–Crippen LogP) is 3.02. The minimum absolute atomic E-state index is 0.0544. The lowest BCUT2D eigenvalue weighted by molar-refractivity contribution is 0.648. The molecular formula is C9H9ClN2S2. The van der Waals surface area contributed by atoms with Crippen molar-refractivity contribution in [1.82, 2.24) is 5.43 Å². The van der Waals surface area contributed by atoms with Gasteiger partial charge in [0, 0.05) is 4.88 Å². The maximum absolute atomic E-state index is 5.88. The van der Waals surface area contributed by atoms with Gasteiger partial charge in [0.05, 0.1) is 10.4 Å². The first kappa shape index (κ1) is 10.1. The number of nitrogens with one attached hydrogen (secondary N) is 1. The van der Waals surface area contributed by atoms with E-state index in [0.717, 1.165) is 9.21 Å². The Morgan fingerprint density at radius 2 is 2.21 bits per heavy atom. The Bertz CT molecular complexity index is 397. The van der Waals surface area contributed by atoms with Crippen LogP contribution in [0.4, 0.5) is 0 Å². The van der Waals surface area contributed by atoms with Gasteiger partial charge in [-0.1, -0.05) is 11.6 Å². The van der Waals surface area contributed by atoms with Crippen molar-refractivity contribution in [2.75, 3.05) is 0 Å². The van der Waals surface area contributed by atoms with Gasteiger partial charge in [0.1, 0.15) is 0 Å². The van der Waals surface area contributed by atoms with Crippen molar-refractivity contribution >= 4 is 34.3 Å². The third-order valence-electron chi connectivity index (χ3n) is 1.92. The van der Waals surface area contributed by atoms with Crippen LogP contribution in [-0.2, 0) is 0 Å². The van der Waals surface area contributed by atoms with Crippen LogP contribution in [0.3, 0.4) is 0 Å². The van der Waals surface area contributed by atoms with Crippen molar-refractivity contribution in [1.29, 1.82) is 0 Å². The van der Waals surface area contributed by atoms with Gasteiger partial charge >= 0.3 is 0 Å². The number of hydrogen-bond donors (Lipinski definition) is 2. The summed E-state index contributed by atoms with van der Waals surface area (Å²) in [5.74, 6) is 5.52. The molecule has 0 aliphatic heterocycles. The second-order valence-corrected chi connectivity index (χ2v) is 5.32. The molecule has 74 valence electrons. The van der Waals surface area contributed by atoms with Crippen LogP contribution in [0.15, 0.2) is 29.0 Å². The van der Waals surface area contributed by atoms with Crippen molar-refractivity contribution in [2.45, 2.75) is 6.04 Å². The van der Waals surface area contributed by atoms with Crippen LogP contribution in [0.5, 0.6) is 0 Å². The Labute approximate surface area is 95.3 Å². The highest BCUT2D eigenvalue weighted by Gasteiger charge is 2.14. The molecule has 0 bridgehead atoms. The Morgan fingerprint density at radius 1 is 1.36 bits per heavy atom. The third-order valence-corrected chi connectivity index (χ3v) is 3.92. The number of rotatable bonds is 3. The van der Waals surface area contributed by atoms with Gasteiger partial charge in [0.2, 0.25) is 0 Å². The standard InChI is InChI=1S/C9H9ClN2S2/c10-8-2-1-7(14-8)9(12-11)6-3-4-13-5-6/h1-5,9,12H,11H2. The van der Waals surface area contributed by atoms with Crippen LogP contribution < -0.4 is 11.3 Å². The van der Waals surface area contributed by atoms with Crippen LogP contribution in [0, 0.1) is 0 Å². The molecule has 2 nitrogen and oxygen atoms in total. The van der Waals surface area contributed by atoms with E-state index in [-0.39, 0.29) is 6.04 Å². The van der Waals surface area contributed by atoms with Crippen LogP contribution >= 0.6 is 34.3 Å². The van der Waals surface area contributed by atoms with E-state index in [2.05, 4.69) is 16.9 Å². The summed E-state index contributed by atoms with van der Waals surface area (Å²) in [4.78, 5) is 1.14. The van der Waals surface area contributed by atoms with E-state index in [1.54, 1.807) is 22.7 Å². The zero-order valence-corrected chi connectivity index (χ0v) is 9.62. The average molecular weight is 245 g/mol. The summed E-state index contributed by atoms with van der Waals surface area (Å²) in [6.07, 6.45) is 0. The second-order valence-electron chi connectivity index (χ2n) is 2.80. The molecule has 1 atom stereocenters. The fourth-order valence-electron chi connectivity index (χ4n) is 1.27. The van der Waals surface area contributed by atoms with Crippen molar-refractivity contribution < 1.29 is 0 Å². The van der Waals surface area contributed by atoms with Crippen molar-refractivity contribution in [3.63, 3.8) is 0 Å². The molecule has 0 radical (unpaired) electrons. The Morgan fingerprint density at radius 3 is 2.71 bits per heavy atom. The lowest BCUT2D eigenvalue weighted by Crippen LogP contribution is -2.27. The summed E-state index contributed by atoms with van der Waals surface area (Å²) in [7, 11) is 0. The van der Waals surface area contributed by atoms with Gasteiger partial charge in [-0.15, -0.1) is 11.3 Å². The Kier molecular flexibility index (Phi) is 3.20. The van der Waals surface area contributed by atoms with E-state index in [0.29, 0.717) is 0 Å². The van der Waals surface area contributed by atoms with Gasteiger partial charge < -0.3 is 0 Å². The first-order valence-electron chi connectivity index (χ1n) is 4.04. The zero-order chi connectivity index (χ0) is 9.97. The van der Waals surface area contributed by atoms with Crippen LogP contribution in [-0.4, -0.2) is 0 Å². The molecule has 2 aromatic rings. The first-order valence-corrected chi connectivity index (χ1v) is 6.18. The number of nitrogens with two attached hydrogens (primary N) is 1. The highest BCUT2D eigenvalue weighted by Crippen LogP contribution is 2.31. The third kappa shape index (κ3) is 1.99. The normalized spacial score (nSPS) is 13.0. The maximum Gasteiger partial charge on any atom is 0.0931 e. The van der Waals surface area contributed by atoms with Crippen molar-refractivity contribution in [3.05, 3.63) is 43.7 Å². The lowest BCUT2D eigenvalue weighted by Gasteiger charge is -2.11. The summed E-state index contributed by atoms with van der Waals surface area (Å²) in [5, 5.41) is 4.12. The van der Waals surface area contributed by atoms with Gasteiger partial charge in [-0.25, -0.2) is 5.43 Å². The van der Waals surface area contributed by atoms with Crippen LogP contribution in [0.2, 0.25) is 4.34 Å². The fourth-order valence-corrected chi connectivity index (χ4v) is 3.10. The maximum atomic E-state index is 5.88. The van der Waals surface area contributed by atoms with E-state index < -0.39 is 0 Å². The van der Waals surface area contributed by atoms with Crippen LogP contribution in [0.1, 0.15) is 16.5 Å². The zero-order valence-electron chi connectivity index (χ0n) is 7.24. The number of hydrazine groups is 1. The van der Waals surface area contributed by atoms with Crippen LogP contribution in [0.25, 0.3) is 0 Å². The van der Waals surface area contributed by atoms with Gasteiger partial charge in [0.15, 0.2) is 0 Å². The summed E-state index contributed by atoms with van der Waals surface area (Å²) >= 11 is 9.08. The molecule has 1 unspecified atom stereocenters. The number of thiophene rings is 2. The molecule has 0 aromatic carbocycles. The van der Waals surface area contributed by atoms with Gasteiger partial charge in [-0.05, 0) is 34.5 Å². The molecule has 0 amide bonds. The molecule has 0 spiro atoms. The molecule has 3 N–H and O–H groups in total. The largest absolute Gasteiger partial charge is 0.271 e. The summed E-state index contributed by atoms with van der Waals surface area (Å²) < 4.78 is 0.787. The first-order chi connectivity index (χ1) is 6.81. The fraction of sp³-hybridized carbons (Fsp3) is 0.111. The minimum Gasteiger partial charge on any atom is -0.271 e. The summed E-state index contributed by atoms with van der Waals surface area (Å²) in [6.45, 7) is 0. The molecule has 2 rings (SSSR count). The predicted molar refractivity (Wildman–Crippen MR) is 62.8 cm³/mol. The molecule has 0 saturated carbocycles.